The largest absolute Gasteiger partial charge is 0.497 e. The number of benzene rings is 2. The molecule has 1 heterocycles. The standard InChI is InChI=1S/C20H26N2O2/c1-23-18-7-5-6-17(16-18)10-11-21-12-14-22(15-13-21)19-8-3-4-9-20(19)24-2/h3-9,16H,10-15H2,1-2H3. The maximum atomic E-state index is 5.49. The first kappa shape index (κ1) is 16.7. The Morgan fingerprint density at radius 1 is 0.875 bits per heavy atom. The Balaban J connectivity index is 1.52. The van der Waals surface area contributed by atoms with E-state index in [4.69, 9.17) is 9.47 Å². The van der Waals surface area contributed by atoms with Crippen molar-refractivity contribution >= 4 is 5.69 Å². The van der Waals surface area contributed by atoms with Gasteiger partial charge in [0.25, 0.3) is 0 Å². The zero-order valence-electron chi connectivity index (χ0n) is 14.6. The van der Waals surface area contributed by atoms with E-state index in [9.17, 15) is 0 Å². The molecule has 128 valence electrons. The van der Waals surface area contributed by atoms with Crippen molar-refractivity contribution in [2.45, 2.75) is 6.42 Å². The highest BCUT2D eigenvalue weighted by atomic mass is 16.5. The van der Waals surface area contributed by atoms with Gasteiger partial charge in [-0.05, 0) is 36.2 Å². The molecule has 0 bridgehead atoms. The van der Waals surface area contributed by atoms with E-state index in [0.29, 0.717) is 0 Å². The highest BCUT2D eigenvalue weighted by molar-refractivity contribution is 5.58. The summed E-state index contributed by atoms with van der Waals surface area (Å²) in [6.45, 7) is 5.34. The number of hydrogen-bond donors (Lipinski definition) is 0. The molecule has 4 nitrogen and oxygen atoms in total. The minimum Gasteiger partial charge on any atom is -0.497 e. The van der Waals surface area contributed by atoms with Crippen LogP contribution < -0.4 is 14.4 Å². The second-order valence-corrected chi connectivity index (χ2v) is 6.10. The molecule has 3 rings (SSSR count). The van der Waals surface area contributed by atoms with E-state index < -0.39 is 0 Å². The molecule has 0 radical (unpaired) electrons. The van der Waals surface area contributed by atoms with Gasteiger partial charge >= 0.3 is 0 Å². The quantitative estimate of drug-likeness (QED) is 0.814. The number of piperazine rings is 1. The fraction of sp³-hybridized carbons (Fsp3) is 0.400. The molecule has 1 aliphatic rings. The summed E-state index contributed by atoms with van der Waals surface area (Å²) in [5.74, 6) is 1.90. The average molecular weight is 326 g/mol. The maximum Gasteiger partial charge on any atom is 0.142 e. The number of methoxy groups -OCH3 is 2. The van der Waals surface area contributed by atoms with E-state index in [1.165, 1.54) is 11.3 Å². The van der Waals surface area contributed by atoms with Crippen LogP contribution in [0.4, 0.5) is 5.69 Å². The van der Waals surface area contributed by atoms with Crippen molar-refractivity contribution in [2.75, 3.05) is 51.8 Å². The molecule has 24 heavy (non-hydrogen) atoms. The van der Waals surface area contributed by atoms with Crippen LogP contribution in [-0.4, -0.2) is 51.8 Å². The molecule has 1 saturated heterocycles. The van der Waals surface area contributed by atoms with Gasteiger partial charge in [0, 0.05) is 32.7 Å². The van der Waals surface area contributed by atoms with Crippen LogP contribution in [0.2, 0.25) is 0 Å². The normalized spacial score (nSPS) is 15.3. The van der Waals surface area contributed by atoms with Crippen LogP contribution in [0, 0.1) is 0 Å². The molecule has 0 N–H and O–H groups in total. The Kier molecular flexibility index (Phi) is 5.59. The van der Waals surface area contributed by atoms with Gasteiger partial charge in [-0.15, -0.1) is 0 Å². The minimum atomic E-state index is 0.938. The van der Waals surface area contributed by atoms with Crippen molar-refractivity contribution in [1.29, 1.82) is 0 Å². The van der Waals surface area contributed by atoms with Crippen molar-refractivity contribution in [3.05, 3.63) is 54.1 Å². The van der Waals surface area contributed by atoms with Gasteiger partial charge < -0.3 is 14.4 Å². The van der Waals surface area contributed by atoms with E-state index in [-0.39, 0.29) is 0 Å². The molecule has 0 unspecified atom stereocenters. The zero-order valence-corrected chi connectivity index (χ0v) is 14.6. The summed E-state index contributed by atoms with van der Waals surface area (Å²) in [6, 6.07) is 16.6. The van der Waals surface area contributed by atoms with Gasteiger partial charge in [-0.2, -0.15) is 0 Å². The van der Waals surface area contributed by atoms with E-state index in [2.05, 4.69) is 40.1 Å². The minimum absolute atomic E-state index is 0.938. The highest BCUT2D eigenvalue weighted by Crippen LogP contribution is 2.28. The second kappa shape index (κ2) is 8.06. The molecule has 0 aliphatic carbocycles. The van der Waals surface area contributed by atoms with Crippen LogP contribution >= 0.6 is 0 Å². The summed E-state index contributed by atoms with van der Waals surface area (Å²) in [5.41, 5.74) is 2.54. The SMILES string of the molecule is COc1cccc(CCN2CCN(c3ccccc3OC)CC2)c1. The Labute approximate surface area is 144 Å². The average Bonchev–Trinajstić information content (AvgIpc) is 2.67. The van der Waals surface area contributed by atoms with Crippen LogP contribution in [-0.2, 0) is 6.42 Å². The first-order valence-corrected chi connectivity index (χ1v) is 8.53. The van der Waals surface area contributed by atoms with Crippen LogP contribution in [0.1, 0.15) is 5.56 Å². The summed E-state index contributed by atoms with van der Waals surface area (Å²) in [5, 5.41) is 0. The first-order chi connectivity index (χ1) is 11.8. The molecule has 4 heteroatoms. The molecule has 0 amide bonds. The van der Waals surface area contributed by atoms with Gasteiger partial charge in [-0.25, -0.2) is 0 Å². The smallest absolute Gasteiger partial charge is 0.142 e. The van der Waals surface area contributed by atoms with Gasteiger partial charge in [-0.1, -0.05) is 24.3 Å². The Bertz CT molecular complexity index is 652. The fourth-order valence-electron chi connectivity index (χ4n) is 3.22. The van der Waals surface area contributed by atoms with Crippen LogP contribution in [0.3, 0.4) is 0 Å². The zero-order chi connectivity index (χ0) is 16.8. The maximum absolute atomic E-state index is 5.49. The van der Waals surface area contributed by atoms with Gasteiger partial charge in [0.2, 0.25) is 0 Å². The third-order valence-corrected chi connectivity index (χ3v) is 4.65. The van der Waals surface area contributed by atoms with Crippen LogP contribution in [0.15, 0.2) is 48.5 Å². The summed E-state index contributed by atoms with van der Waals surface area (Å²) in [4.78, 5) is 4.95. The van der Waals surface area contributed by atoms with Crippen molar-refractivity contribution in [2.24, 2.45) is 0 Å². The molecule has 1 aliphatic heterocycles. The molecule has 0 spiro atoms. The lowest BCUT2D eigenvalue weighted by Crippen LogP contribution is -2.47. The van der Waals surface area contributed by atoms with Crippen molar-refractivity contribution in [1.82, 2.24) is 4.90 Å². The summed E-state index contributed by atoms with van der Waals surface area (Å²) in [7, 11) is 3.46. The van der Waals surface area contributed by atoms with E-state index in [1.54, 1.807) is 14.2 Å². The van der Waals surface area contributed by atoms with Crippen LogP contribution in [0.5, 0.6) is 11.5 Å². The molecule has 0 atom stereocenters. The van der Waals surface area contributed by atoms with Crippen molar-refractivity contribution < 1.29 is 9.47 Å². The molecular weight excluding hydrogens is 300 g/mol. The summed E-state index contributed by atoms with van der Waals surface area (Å²) < 4.78 is 10.8. The van der Waals surface area contributed by atoms with E-state index in [1.807, 2.05) is 18.2 Å². The first-order valence-electron chi connectivity index (χ1n) is 8.53. The predicted octanol–water partition coefficient (Wildman–Crippen LogP) is 3.07. The monoisotopic (exact) mass is 326 g/mol. The topological polar surface area (TPSA) is 24.9 Å². The van der Waals surface area contributed by atoms with Crippen molar-refractivity contribution in [3.63, 3.8) is 0 Å². The Morgan fingerprint density at radius 3 is 2.42 bits per heavy atom. The molecular formula is C20H26N2O2. The van der Waals surface area contributed by atoms with Gasteiger partial charge in [0.1, 0.15) is 11.5 Å². The molecule has 2 aromatic carbocycles. The number of anilines is 1. The van der Waals surface area contributed by atoms with Gasteiger partial charge in [0.05, 0.1) is 19.9 Å². The third kappa shape index (κ3) is 4.01. The van der Waals surface area contributed by atoms with E-state index in [0.717, 1.165) is 50.6 Å². The molecule has 0 saturated carbocycles. The molecule has 2 aromatic rings. The highest BCUT2D eigenvalue weighted by Gasteiger charge is 2.19. The lowest BCUT2D eigenvalue weighted by atomic mass is 10.1. The Hall–Kier alpha value is -2.20. The van der Waals surface area contributed by atoms with Gasteiger partial charge in [-0.3, -0.25) is 4.90 Å². The summed E-state index contributed by atoms with van der Waals surface area (Å²) >= 11 is 0. The number of ether oxygens (including phenoxy) is 2. The van der Waals surface area contributed by atoms with Crippen LogP contribution in [0.25, 0.3) is 0 Å². The number of nitrogens with zero attached hydrogens (tertiary/aromatic N) is 2. The summed E-state index contributed by atoms with van der Waals surface area (Å²) in [6.07, 6.45) is 1.06. The Morgan fingerprint density at radius 2 is 1.67 bits per heavy atom. The number of hydrogen-bond acceptors (Lipinski definition) is 4. The predicted molar refractivity (Wildman–Crippen MR) is 98.3 cm³/mol. The number of rotatable bonds is 6. The lowest BCUT2D eigenvalue weighted by molar-refractivity contribution is 0.260. The van der Waals surface area contributed by atoms with Gasteiger partial charge in [0.15, 0.2) is 0 Å². The lowest BCUT2D eigenvalue weighted by Gasteiger charge is -2.36. The second-order valence-electron chi connectivity index (χ2n) is 6.10. The van der Waals surface area contributed by atoms with E-state index >= 15 is 0 Å². The number of para-hydroxylation sites is 2. The fourth-order valence-corrected chi connectivity index (χ4v) is 3.22. The molecule has 0 aromatic heterocycles. The van der Waals surface area contributed by atoms with Crippen molar-refractivity contribution in [3.8, 4) is 11.5 Å². The third-order valence-electron chi connectivity index (χ3n) is 4.65. The molecule has 1 fully saturated rings.